The van der Waals surface area contributed by atoms with E-state index in [0.717, 1.165) is 37.1 Å². The van der Waals surface area contributed by atoms with Crippen molar-refractivity contribution in [3.8, 4) is 0 Å². The van der Waals surface area contributed by atoms with Gasteiger partial charge in [0.25, 0.3) is 0 Å². The number of likely N-dealkylation sites (tertiary alicyclic amines) is 1. The van der Waals surface area contributed by atoms with Crippen molar-refractivity contribution in [2.24, 2.45) is 0 Å². The van der Waals surface area contributed by atoms with Gasteiger partial charge in [-0.15, -0.1) is 0 Å². The van der Waals surface area contributed by atoms with Crippen LogP contribution in [0, 0.1) is 0 Å². The summed E-state index contributed by atoms with van der Waals surface area (Å²) in [7, 11) is 2.08. The molecule has 6 nitrogen and oxygen atoms in total. The van der Waals surface area contributed by atoms with Gasteiger partial charge in [-0.2, -0.15) is 0 Å². The van der Waals surface area contributed by atoms with Crippen molar-refractivity contribution in [2.45, 2.75) is 38.4 Å². The van der Waals surface area contributed by atoms with E-state index in [9.17, 15) is 9.59 Å². The first kappa shape index (κ1) is 23.4. The van der Waals surface area contributed by atoms with Crippen LogP contribution in [0.3, 0.4) is 0 Å². The SMILES string of the molecule is CC(NC(=O)N(Cc1ccc(C(=O)O)cc1)C1CCN(C)CC1)c1cccc(Cl)c1Cl. The Hall–Kier alpha value is -2.28. The maximum absolute atomic E-state index is 13.3. The van der Waals surface area contributed by atoms with Crippen LogP contribution in [0.25, 0.3) is 0 Å². The second-order valence-corrected chi connectivity index (χ2v) is 8.76. The maximum atomic E-state index is 13.3. The number of halogens is 2. The summed E-state index contributed by atoms with van der Waals surface area (Å²) in [5.74, 6) is -0.969. The van der Waals surface area contributed by atoms with Crippen LogP contribution in [0.2, 0.25) is 10.0 Å². The third kappa shape index (κ3) is 5.91. The van der Waals surface area contributed by atoms with E-state index in [-0.39, 0.29) is 23.7 Å². The molecule has 0 radical (unpaired) electrons. The van der Waals surface area contributed by atoms with Crippen molar-refractivity contribution in [3.05, 3.63) is 69.2 Å². The summed E-state index contributed by atoms with van der Waals surface area (Å²) >= 11 is 12.5. The highest BCUT2D eigenvalue weighted by atomic mass is 35.5. The summed E-state index contributed by atoms with van der Waals surface area (Å²) in [4.78, 5) is 28.5. The minimum atomic E-state index is -0.969. The van der Waals surface area contributed by atoms with Gasteiger partial charge < -0.3 is 20.2 Å². The molecular formula is C23H27Cl2N3O3. The standard InChI is InChI=1S/C23H27Cl2N3O3/c1-15(19-4-3-5-20(24)21(19)25)26-23(31)28(18-10-12-27(2)13-11-18)14-16-6-8-17(9-7-16)22(29)30/h3-9,15,18H,10-14H2,1-2H3,(H,26,31)(H,29,30). The van der Waals surface area contributed by atoms with Gasteiger partial charge in [0.2, 0.25) is 0 Å². The van der Waals surface area contributed by atoms with Crippen LogP contribution in [-0.4, -0.2) is 53.1 Å². The molecule has 2 amide bonds. The number of nitrogens with one attached hydrogen (secondary N) is 1. The molecule has 1 unspecified atom stereocenters. The highest BCUT2D eigenvalue weighted by Crippen LogP contribution is 2.30. The fourth-order valence-corrected chi connectivity index (χ4v) is 4.30. The number of carboxylic acid groups (broad SMARTS) is 1. The molecule has 2 N–H and O–H groups in total. The number of hydrogen-bond acceptors (Lipinski definition) is 3. The van der Waals surface area contributed by atoms with E-state index < -0.39 is 5.97 Å². The van der Waals surface area contributed by atoms with Crippen LogP contribution >= 0.6 is 23.2 Å². The number of carbonyl (C=O) groups is 2. The number of benzene rings is 2. The maximum Gasteiger partial charge on any atom is 0.335 e. The number of aromatic carboxylic acids is 1. The lowest BCUT2D eigenvalue weighted by molar-refractivity contribution is 0.0696. The van der Waals surface area contributed by atoms with E-state index in [1.807, 2.05) is 24.0 Å². The lowest BCUT2D eigenvalue weighted by Gasteiger charge is -2.38. The van der Waals surface area contributed by atoms with Gasteiger partial charge in [-0.1, -0.05) is 47.5 Å². The molecular weight excluding hydrogens is 437 g/mol. The first-order valence-corrected chi connectivity index (χ1v) is 11.0. The van der Waals surface area contributed by atoms with Gasteiger partial charge in [0.15, 0.2) is 0 Å². The summed E-state index contributed by atoms with van der Waals surface area (Å²) in [5, 5.41) is 13.1. The monoisotopic (exact) mass is 463 g/mol. The third-order valence-corrected chi connectivity index (χ3v) is 6.56. The molecule has 1 atom stereocenters. The van der Waals surface area contributed by atoms with E-state index in [4.69, 9.17) is 28.3 Å². The van der Waals surface area contributed by atoms with Gasteiger partial charge in [-0.25, -0.2) is 9.59 Å². The molecule has 0 spiro atoms. The Kier molecular flexibility index (Phi) is 7.81. The highest BCUT2D eigenvalue weighted by molar-refractivity contribution is 6.42. The summed E-state index contributed by atoms with van der Waals surface area (Å²) in [6.45, 7) is 4.12. The normalized spacial score (nSPS) is 16.0. The molecule has 0 aliphatic carbocycles. The summed E-state index contributed by atoms with van der Waals surface area (Å²) in [6, 6.07) is 11.6. The van der Waals surface area contributed by atoms with E-state index >= 15 is 0 Å². The number of carboxylic acids is 1. The predicted octanol–water partition coefficient (Wildman–Crippen LogP) is 5.06. The second kappa shape index (κ2) is 10.4. The number of carbonyl (C=O) groups excluding carboxylic acids is 1. The molecule has 3 rings (SSSR count). The molecule has 1 aliphatic heterocycles. The molecule has 31 heavy (non-hydrogen) atoms. The largest absolute Gasteiger partial charge is 0.478 e. The van der Waals surface area contributed by atoms with E-state index in [1.54, 1.807) is 30.3 Å². The lowest BCUT2D eigenvalue weighted by atomic mass is 10.0. The van der Waals surface area contributed by atoms with Gasteiger partial charge in [0.1, 0.15) is 0 Å². The van der Waals surface area contributed by atoms with Gasteiger partial charge >= 0.3 is 12.0 Å². The zero-order chi connectivity index (χ0) is 22.5. The van der Waals surface area contributed by atoms with Crippen LogP contribution in [0.5, 0.6) is 0 Å². The average molecular weight is 464 g/mol. The fourth-order valence-electron chi connectivity index (χ4n) is 3.82. The minimum Gasteiger partial charge on any atom is -0.478 e. The number of piperidine rings is 1. The van der Waals surface area contributed by atoms with Gasteiger partial charge in [-0.05, 0) is 69.2 Å². The smallest absolute Gasteiger partial charge is 0.335 e. The Morgan fingerprint density at radius 1 is 1.16 bits per heavy atom. The molecule has 2 aromatic carbocycles. The quantitative estimate of drug-likeness (QED) is 0.627. The molecule has 8 heteroatoms. The van der Waals surface area contributed by atoms with Crippen LogP contribution in [0.4, 0.5) is 4.79 Å². The topological polar surface area (TPSA) is 72.9 Å². The third-order valence-electron chi connectivity index (χ3n) is 5.73. The first-order valence-electron chi connectivity index (χ1n) is 10.3. The Labute approximate surface area is 192 Å². The molecule has 0 bridgehead atoms. The first-order chi connectivity index (χ1) is 14.8. The van der Waals surface area contributed by atoms with Crippen LogP contribution in [0.15, 0.2) is 42.5 Å². The van der Waals surface area contributed by atoms with E-state index in [2.05, 4.69) is 17.3 Å². The van der Waals surface area contributed by atoms with Crippen LogP contribution in [0.1, 0.15) is 47.3 Å². The molecule has 166 valence electrons. The van der Waals surface area contributed by atoms with Crippen LogP contribution in [-0.2, 0) is 6.54 Å². The van der Waals surface area contributed by atoms with Crippen molar-refractivity contribution >= 4 is 35.2 Å². The Balaban J connectivity index is 1.78. The van der Waals surface area contributed by atoms with E-state index in [1.165, 1.54) is 0 Å². The number of amides is 2. The Morgan fingerprint density at radius 2 is 1.81 bits per heavy atom. The molecule has 0 saturated carbocycles. The van der Waals surface area contributed by atoms with Crippen molar-refractivity contribution in [1.29, 1.82) is 0 Å². The van der Waals surface area contributed by atoms with E-state index in [0.29, 0.717) is 16.6 Å². The number of nitrogens with zero attached hydrogens (tertiary/aromatic N) is 2. The predicted molar refractivity (Wildman–Crippen MR) is 123 cm³/mol. The lowest BCUT2D eigenvalue weighted by Crippen LogP contribution is -2.50. The highest BCUT2D eigenvalue weighted by Gasteiger charge is 2.28. The number of rotatable bonds is 6. The zero-order valence-electron chi connectivity index (χ0n) is 17.6. The molecule has 1 heterocycles. The van der Waals surface area contributed by atoms with Crippen molar-refractivity contribution < 1.29 is 14.7 Å². The molecule has 1 saturated heterocycles. The fraction of sp³-hybridized carbons (Fsp3) is 0.391. The molecule has 2 aromatic rings. The minimum absolute atomic E-state index is 0.0948. The molecule has 0 aromatic heterocycles. The second-order valence-electron chi connectivity index (χ2n) is 7.98. The van der Waals surface area contributed by atoms with Gasteiger partial charge in [0, 0.05) is 12.6 Å². The summed E-state index contributed by atoms with van der Waals surface area (Å²) < 4.78 is 0. The summed E-state index contributed by atoms with van der Waals surface area (Å²) in [5.41, 5.74) is 1.87. The molecule has 1 aliphatic rings. The van der Waals surface area contributed by atoms with Crippen molar-refractivity contribution in [1.82, 2.24) is 15.1 Å². The van der Waals surface area contributed by atoms with Crippen molar-refractivity contribution in [3.63, 3.8) is 0 Å². The van der Waals surface area contributed by atoms with Gasteiger partial charge in [0.05, 0.1) is 21.7 Å². The number of hydrogen-bond donors (Lipinski definition) is 2. The molecule has 1 fully saturated rings. The van der Waals surface area contributed by atoms with Gasteiger partial charge in [-0.3, -0.25) is 0 Å². The Morgan fingerprint density at radius 3 is 2.42 bits per heavy atom. The average Bonchev–Trinajstić information content (AvgIpc) is 2.75. The van der Waals surface area contributed by atoms with Crippen molar-refractivity contribution in [2.75, 3.05) is 20.1 Å². The zero-order valence-corrected chi connectivity index (χ0v) is 19.2. The number of urea groups is 1. The summed E-state index contributed by atoms with van der Waals surface area (Å²) in [6.07, 6.45) is 1.76. The Bertz CT molecular complexity index is 928. The van der Waals surface area contributed by atoms with Crippen LogP contribution < -0.4 is 5.32 Å².